The molecule has 0 aromatic heterocycles. The number of likely N-dealkylation sites (tertiary alicyclic amines) is 1. The van der Waals surface area contributed by atoms with E-state index >= 15 is 0 Å². The second-order valence-corrected chi connectivity index (χ2v) is 10.8. The predicted molar refractivity (Wildman–Crippen MR) is 164 cm³/mol. The zero-order valence-corrected chi connectivity index (χ0v) is 24.5. The van der Waals surface area contributed by atoms with Crippen LogP contribution in [0.5, 0.6) is 11.5 Å². The van der Waals surface area contributed by atoms with Crippen LogP contribution < -0.4 is 14.8 Å². The van der Waals surface area contributed by atoms with Gasteiger partial charge in [-0.15, -0.1) is 0 Å². The zero-order chi connectivity index (χ0) is 30.7. The second kappa shape index (κ2) is 12.0. The first-order valence-corrected chi connectivity index (χ1v) is 14.0. The number of aryl methyl sites for hydroxylation is 1. The van der Waals surface area contributed by atoms with Crippen molar-refractivity contribution < 1.29 is 29.0 Å². The van der Waals surface area contributed by atoms with Crippen molar-refractivity contribution in [3.05, 3.63) is 125 Å². The monoisotopic (exact) mass is 578 g/mol. The molecule has 0 aliphatic carbocycles. The van der Waals surface area contributed by atoms with Gasteiger partial charge in [0, 0.05) is 17.2 Å². The molecule has 4 atom stereocenters. The Morgan fingerprint density at radius 2 is 1.33 bits per heavy atom. The van der Waals surface area contributed by atoms with Crippen molar-refractivity contribution in [3.63, 3.8) is 0 Å². The molecule has 1 saturated heterocycles. The molecule has 43 heavy (non-hydrogen) atoms. The number of nitrogens with zero attached hydrogens (tertiary/aromatic N) is 1. The number of nitrogens with one attached hydrogen (secondary N) is 1. The fraction of sp³-hybridized carbons (Fsp3) is 0.229. The van der Waals surface area contributed by atoms with E-state index in [0.29, 0.717) is 33.9 Å². The number of carboxylic acids is 1. The van der Waals surface area contributed by atoms with Gasteiger partial charge in [0.05, 0.1) is 26.2 Å². The summed E-state index contributed by atoms with van der Waals surface area (Å²) in [6, 6.07) is 28.5. The Morgan fingerprint density at radius 1 is 0.767 bits per heavy atom. The highest BCUT2D eigenvalue weighted by Crippen LogP contribution is 2.56. The minimum atomic E-state index is -1.81. The number of benzene rings is 4. The molecular formula is C35H34N2O6. The quantitative estimate of drug-likeness (QED) is 0.225. The van der Waals surface area contributed by atoms with Crippen molar-refractivity contribution in [2.75, 3.05) is 19.5 Å². The maximum atomic E-state index is 14.6. The number of amides is 2. The normalized spacial score (nSPS) is 21.2. The first-order valence-electron chi connectivity index (χ1n) is 14.0. The highest BCUT2D eigenvalue weighted by atomic mass is 16.5. The SMILES string of the molecule is COc1ccc(C(=O)C2C(c3ccc(OC)cc3)N(C(=O)Nc3ccc(C)cc3)C(C)(C(=O)O)C2c2ccccc2)cc1. The summed E-state index contributed by atoms with van der Waals surface area (Å²) in [5.41, 5.74) is 1.35. The molecule has 0 spiro atoms. The molecule has 5 rings (SSSR count). The third-order valence-electron chi connectivity index (χ3n) is 8.33. The van der Waals surface area contributed by atoms with Crippen LogP contribution in [0.1, 0.15) is 45.9 Å². The number of carboxylic acid groups (broad SMARTS) is 1. The minimum absolute atomic E-state index is 0.282. The molecule has 0 bridgehead atoms. The van der Waals surface area contributed by atoms with Gasteiger partial charge in [-0.3, -0.25) is 9.69 Å². The Bertz CT molecular complexity index is 1600. The van der Waals surface area contributed by atoms with Gasteiger partial charge in [0.1, 0.15) is 17.0 Å². The number of anilines is 1. The number of carbonyl (C=O) groups is 3. The van der Waals surface area contributed by atoms with E-state index in [-0.39, 0.29) is 5.78 Å². The smallest absolute Gasteiger partial charge is 0.330 e. The van der Waals surface area contributed by atoms with Crippen LogP contribution in [0.4, 0.5) is 10.5 Å². The van der Waals surface area contributed by atoms with Crippen LogP contribution in [0.3, 0.4) is 0 Å². The van der Waals surface area contributed by atoms with Gasteiger partial charge in [-0.2, -0.15) is 0 Å². The van der Waals surface area contributed by atoms with Crippen LogP contribution in [-0.4, -0.2) is 47.5 Å². The highest BCUT2D eigenvalue weighted by Gasteiger charge is 2.65. The average molecular weight is 579 g/mol. The van der Waals surface area contributed by atoms with Crippen molar-refractivity contribution in [2.24, 2.45) is 5.92 Å². The van der Waals surface area contributed by atoms with Crippen LogP contribution in [0.15, 0.2) is 103 Å². The number of rotatable bonds is 8. The second-order valence-electron chi connectivity index (χ2n) is 10.8. The lowest BCUT2D eigenvalue weighted by Crippen LogP contribution is -2.55. The number of hydrogen-bond donors (Lipinski definition) is 2. The lowest BCUT2D eigenvalue weighted by molar-refractivity contribution is -0.148. The fourth-order valence-corrected chi connectivity index (χ4v) is 6.12. The fourth-order valence-electron chi connectivity index (χ4n) is 6.12. The molecule has 1 fully saturated rings. The van der Waals surface area contributed by atoms with Gasteiger partial charge in [0.2, 0.25) is 0 Å². The van der Waals surface area contributed by atoms with Crippen molar-refractivity contribution in [2.45, 2.75) is 31.3 Å². The van der Waals surface area contributed by atoms with E-state index in [1.54, 1.807) is 74.9 Å². The lowest BCUT2D eigenvalue weighted by atomic mass is 9.71. The number of aliphatic carboxylic acids is 1. The molecule has 0 saturated carbocycles. The molecular weight excluding hydrogens is 544 g/mol. The molecule has 4 unspecified atom stereocenters. The van der Waals surface area contributed by atoms with Crippen molar-refractivity contribution in [3.8, 4) is 11.5 Å². The van der Waals surface area contributed by atoms with Crippen molar-refractivity contribution >= 4 is 23.5 Å². The lowest BCUT2D eigenvalue weighted by Gasteiger charge is -2.37. The van der Waals surface area contributed by atoms with E-state index < -0.39 is 35.4 Å². The maximum Gasteiger partial charge on any atom is 0.330 e. The summed E-state index contributed by atoms with van der Waals surface area (Å²) in [6.07, 6.45) is 0. The number of ketones is 1. The largest absolute Gasteiger partial charge is 0.497 e. The molecule has 8 nitrogen and oxygen atoms in total. The molecule has 8 heteroatoms. The summed E-state index contributed by atoms with van der Waals surface area (Å²) in [6.45, 7) is 3.46. The van der Waals surface area contributed by atoms with E-state index in [9.17, 15) is 19.5 Å². The summed E-state index contributed by atoms with van der Waals surface area (Å²) in [5.74, 6) is -2.16. The first kappa shape index (κ1) is 29.4. The number of hydrogen-bond acceptors (Lipinski definition) is 5. The van der Waals surface area contributed by atoms with Gasteiger partial charge in [-0.05, 0) is 73.5 Å². The van der Waals surface area contributed by atoms with Crippen molar-refractivity contribution in [1.82, 2.24) is 4.90 Å². The summed E-state index contributed by atoms with van der Waals surface area (Å²) < 4.78 is 10.7. The Kier molecular flexibility index (Phi) is 8.21. The van der Waals surface area contributed by atoms with Gasteiger partial charge >= 0.3 is 12.0 Å². The summed E-state index contributed by atoms with van der Waals surface area (Å²) in [7, 11) is 3.09. The Labute approximate surface area is 250 Å². The molecule has 4 aromatic rings. The van der Waals surface area contributed by atoms with E-state index in [4.69, 9.17) is 9.47 Å². The van der Waals surface area contributed by atoms with E-state index in [1.165, 1.54) is 11.8 Å². The van der Waals surface area contributed by atoms with Crippen LogP contribution >= 0.6 is 0 Å². The van der Waals surface area contributed by atoms with Gasteiger partial charge < -0.3 is 19.9 Å². The summed E-state index contributed by atoms with van der Waals surface area (Å²) in [4.78, 5) is 43.6. The van der Waals surface area contributed by atoms with Gasteiger partial charge in [0.15, 0.2) is 5.78 Å². The standard InChI is InChI=1S/C35H34N2O6/c1-22-10-16-26(17-11-22)36-34(41)37-31(24-12-18-27(42-3)19-13-24)29(32(38)25-14-20-28(43-4)21-15-25)30(35(37,2)33(39)40)23-8-6-5-7-9-23/h5-21,29-31H,1-4H3,(H,36,41)(H,39,40). The molecule has 1 aliphatic heterocycles. The molecule has 220 valence electrons. The van der Waals surface area contributed by atoms with E-state index in [0.717, 1.165) is 5.56 Å². The molecule has 1 aliphatic rings. The number of carbonyl (C=O) groups excluding carboxylic acids is 2. The third kappa shape index (κ3) is 5.44. The molecule has 2 N–H and O–H groups in total. The maximum absolute atomic E-state index is 14.6. The number of urea groups is 1. The Balaban J connectivity index is 1.74. The van der Waals surface area contributed by atoms with Gasteiger partial charge in [-0.1, -0.05) is 60.2 Å². The Morgan fingerprint density at radius 3 is 1.86 bits per heavy atom. The van der Waals surface area contributed by atoms with Crippen LogP contribution in [0.2, 0.25) is 0 Å². The van der Waals surface area contributed by atoms with Crippen LogP contribution in [-0.2, 0) is 4.79 Å². The molecule has 4 aromatic carbocycles. The average Bonchev–Trinajstić information content (AvgIpc) is 3.32. The van der Waals surface area contributed by atoms with Gasteiger partial charge in [0.25, 0.3) is 0 Å². The third-order valence-corrected chi connectivity index (χ3v) is 8.33. The van der Waals surface area contributed by atoms with E-state index in [2.05, 4.69) is 5.32 Å². The van der Waals surface area contributed by atoms with Crippen LogP contribution in [0, 0.1) is 12.8 Å². The Hall–Kier alpha value is -5.11. The van der Waals surface area contributed by atoms with E-state index in [1.807, 2.05) is 49.4 Å². The number of methoxy groups -OCH3 is 2. The van der Waals surface area contributed by atoms with Gasteiger partial charge in [-0.25, -0.2) is 9.59 Å². The summed E-state index contributed by atoms with van der Waals surface area (Å²) >= 11 is 0. The molecule has 1 heterocycles. The highest BCUT2D eigenvalue weighted by molar-refractivity contribution is 6.03. The zero-order valence-electron chi connectivity index (χ0n) is 24.5. The summed E-state index contributed by atoms with van der Waals surface area (Å²) in [5, 5.41) is 13.8. The van der Waals surface area contributed by atoms with Crippen LogP contribution in [0.25, 0.3) is 0 Å². The first-order chi connectivity index (χ1) is 20.7. The van der Waals surface area contributed by atoms with Crippen molar-refractivity contribution in [1.29, 1.82) is 0 Å². The topological polar surface area (TPSA) is 105 Å². The minimum Gasteiger partial charge on any atom is -0.497 e. The number of ether oxygens (including phenoxy) is 2. The predicted octanol–water partition coefficient (Wildman–Crippen LogP) is 6.73. The molecule has 2 amide bonds. The molecule has 0 radical (unpaired) electrons. The number of Topliss-reactive ketones (excluding diaryl/α,β-unsaturated/α-hetero) is 1.